The fourth-order valence-electron chi connectivity index (χ4n) is 2.66. The van der Waals surface area contributed by atoms with Crippen molar-refractivity contribution in [3.63, 3.8) is 0 Å². The highest BCUT2D eigenvalue weighted by Crippen LogP contribution is 2.35. The maximum Gasteiger partial charge on any atom is 0.317 e. The molecule has 1 heterocycles. The van der Waals surface area contributed by atoms with Gasteiger partial charge < -0.3 is 20.1 Å². The number of hydrogen-bond donors (Lipinski definition) is 2. The van der Waals surface area contributed by atoms with Crippen LogP contribution in [-0.2, 0) is 0 Å². The second kappa shape index (κ2) is 5.93. The first-order valence-corrected chi connectivity index (χ1v) is 7.23. The average Bonchev–Trinajstić information content (AvgIpc) is 2.80. The molecule has 21 heavy (non-hydrogen) atoms. The van der Waals surface area contributed by atoms with Crippen LogP contribution in [0, 0.1) is 0 Å². The van der Waals surface area contributed by atoms with Crippen LogP contribution >= 0.6 is 0 Å². The van der Waals surface area contributed by atoms with Crippen LogP contribution in [0.5, 0.6) is 5.75 Å². The molecule has 0 saturated heterocycles. The van der Waals surface area contributed by atoms with Gasteiger partial charge in [-0.05, 0) is 26.8 Å². The van der Waals surface area contributed by atoms with Crippen molar-refractivity contribution in [3.8, 4) is 5.75 Å². The van der Waals surface area contributed by atoms with Crippen LogP contribution in [0.2, 0.25) is 0 Å². The van der Waals surface area contributed by atoms with Crippen molar-refractivity contribution < 1.29 is 14.6 Å². The number of benzene rings is 1. The Morgan fingerprint density at radius 1 is 1.52 bits per heavy atom. The first-order chi connectivity index (χ1) is 9.78. The normalized spacial score (nSPS) is 18.6. The van der Waals surface area contributed by atoms with E-state index in [1.54, 1.807) is 20.9 Å². The molecule has 5 heteroatoms. The summed E-state index contributed by atoms with van der Waals surface area (Å²) in [4.78, 5) is 13.7. The van der Waals surface area contributed by atoms with E-state index in [0.29, 0.717) is 6.61 Å². The van der Waals surface area contributed by atoms with Gasteiger partial charge in [-0.25, -0.2) is 4.79 Å². The molecule has 2 atom stereocenters. The number of hydrogen-bond acceptors (Lipinski definition) is 3. The van der Waals surface area contributed by atoms with E-state index in [1.807, 2.05) is 31.2 Å². The third-order valence-electron chi connectivity index (χ3n) is 3.66. The summed E-state index contributed by atoms with van der Waals surface area (Å²) in [5.41, 5.74) is 0.230. The standard InChI is InChI=1S/C16H24N2O3/c1-11(17-15(19)18(4)10-16(2,3)20)13-9-21-14-8-6-5-7-12(13)14/h5-8,11,13,20H,9-10H2,1-4H3,(H,17,19). The SMILES string of the molecule is CC(NC(=O)N(C)CC(C)(C)O)C1COc2ccccc21. The van der Waals surface area contributed by atoms with Gasteiger partial charge in [0.25, 0.3) is 0 Å². The molecule has 5 nitrogen and oxygen atoms in total. The molecular formula is C16H24N2O3. The van der Waals surface area contributed by atoms with Crippen molar-refractivity contribution in [2.75, 3.05) is 20.2 Å². The molecule has 0 spiro atoms. The van der Waals surface area contributed by atoms with Crippen LogP contribution in [0.4, 0.5) is 4.79 Å². The van der Waals surface area contributed by atoms with Gasteiger partial charge in [0, 0.05) is 24.6 Å². The fraction of sp³-hybridized carbons (Fsp3) is 0.562. The Morgan fingerprint density at radius 2 is 2.19 bits per heavy atom. The van der Waals surface area contributed by atoms with Crippen LogP contribution in [-0.4, -0.2) is 47.9 Å². The Labute approximate surface area is 125 Å². The highest BCUT2D eigenvalue weighted by atomic mass is 16.5. The van der Waals surface area contributed by atoms with E-state index in [-0.39, 0.29) is 24.5 Å². The molecule has 0 radical (unpaired) electrons. The Kier molecular flexibility index (Phi) is 4.42. The summed E-state index contributed by atoms with van der Waals surface area (Å²) >= 11 is 0. The molecule has 0 fully saturated rings. The van der Waals surface area contributed by atoms with Crippen LogP contribution in [0.25, 0.3) is 0 Å². The zero-order valence-corrected chi connectivity index (χ0v) is 13.1. The molecule has 0 aromatic heterocycles. The molecule has 1 aliphatic heterocycles. The number of ether oxygens (including phenoxy) is 1. The molecule has 1 aromatic carbocycles. The quantitative estimate of drug-likeness (QED) is 0.892. The van der Waals surface area contributed by atoms with Crippen LogP contribution in [0.15, 0.2) is 24.3 Å². The number of nitrogens with zero attached hydrogens (tertiary/aromatic N) is 1. The molecule has 0 saturated carbocycles. The zero-order chi connectivity index (χ0) is 15.6. The molecule has 1 aromatic rings. The van der Waals surface area contributed by atoms with E-state index in [1.165, 1.54) is 4.90 Å². The zero-order valence-electron chi connectivity index (χ0n) is 13.1. The molecule has 2 rings (SSSR count). The number of carbonyl (C=O) groups is 1. The molecule has 0 aliphatic carbocycles. The van der Waals surface area contributed by atoms with Crippen LogP contribution < -0.4 is 10.1 Å². The summed E-state index contributed by atoms with van der Waals surface area (Å²) in [5, 5.41) is 12.8. The molecular weight excluding hydrogens is 268 g/mol. The number of amides is 2. The molecule has 2 amide bonds. The number of likely N-dealkylation sites (N-methyl/N-ethyl adjacent to an activating group) is 1. The topological polar surface area (TPSA) is 61.8 Å². The van der Waals surface area contributed by atoms with Crippen molar-refractivity contribution in [1.82, 2.24) is 10.2 Å². The Balaban J connectivity index is 1.96. The van der Waals surface area contributed by atoms with Gasteiger partial charge in [0.1, 0.15) is 5.75 Å². The third kappa shape index (κ3) is 3.88. The second-order valence-corrected chi connectivity index (χ2v) is 6.36. The van der Waals surface area contributed by atoms with Gasteiger partial charge >= 0.3 is 6.03 Å². The summed E-state index contributed by atoms with van der Waals surface area (Å²) < 4.78 is 5.65. The van der Waals surface area contributed by atoms with E-state index in [2.05, 4.69) is 5.32 Å². The molecule has 2 N–H and O–H groups in total. The second-order valence-electron chi connectivity index (χ2n) is 6.36. The van der Waals surface area contributed by atoms with Crippen molar-refractivity contribution in [2.45, 2.75) is 38.3 Å². The van der Waals surface area contributed by atoms with Gasteiger partial charge in [0.05, 0.1) is 18.8 Å². The Morgan fingerprint density at radius 3 is 2.86 bits per heavy atom. The number of fused-ring (bicyclic) bond motifs is 1. The van der Waals surface area contributed by atoms with Gasteiger partial charge in [-0.3, -0.25) is 0 Å². The number of aliphatic hydroxyl groups is 1. The minimum Gasteiger partial charge on any atom is -0.493 e. The predicted octanol–water partition coefficient (Wildman–Crippen LogP) is 1.96. The largest absolute Gasteiger partial charge is 0.493 e. The number of urea groups is 1. The lowest BCUT2D eigenvalue weighted by Crippen LogP contribution is -2.48. The van der Waals surface area contributed by atoms with Gasteiger partial charge in [-0.1, -0.05) is 18.2 Å². The lowest BCUT2D eigenvalue weighted by molar-refractivity contribution is 0.0526. The van der Waals surface area contributed by atoms with Gasteiger partial charge in [-0.15, -0.1) is 0 Å². The Hall–Kier alpha value is -1.75. The van der Waals surface area contributed by atoms with E-state index in [0.717, 1.165) is 11.3 Å². The van der Waals surface area contributed by atoms with Gasteiger partial charge in [0.2, 0.25) is 0 Å². The highest BCUT2D eigenvalue weighted by Gasteiger charge is 2.30. The predicted molar refractivity (Wildman–Crippen MR) is 81.6 cm³/mol. The van der Waals surface area contributed by atoms with E-state index in [4.69, 9.17) is 4.74 Å². The number of carbonyl (C=O) groups excluding carboxylic acids is 1. The van der Waals surface area contributed by atoms with Crippen molar-refractivity contribution >= 4 is 6.03 Å². The highest BCUT2D eigenvalue weighted by molar-refractivity contribution is 5.74. The maximum atomic E-state index is 12.2. The van der Waals surface area contributed by atoms with Crippen LogP contribution in [0.1, 0.15) is 32.3 Å². The smallest absolute Gasteiger partial charge is 0.317 e. The maximum absolute atomic E-state index is 12.2. The van der Waals surface area contributed by atoms with E-state index < -0.39 is 5.60 Å². The van der Waals surface area contributed by atoms with Crippen LogP contribution in [0.3, 0.4) is 0 Å². The lowest BCUT2D eigenvalue weighted by Gasteiger charge is -2.28. The molecule has 2 unspecified atom stereocenters. The Bertz CT molecular complexity index is 510. The molecule has 0 bridgehead atoms. The minimum absolute atomic E-state index is 0.0367. The summed E-state index contributed by atoms with van der Waals surface area (Å²) in [6.45, 7) is 6.20. The van der Waals surface area contributed by atoms with Gasteiger partial charge in [-0.2, -0.15) is 0 Å². The molecule has 116 valence electrons. The third-order valence-corrected chi connectivity index (χ3v) is 3.66. The first kappa shape index (κ1) is 15.6. The number of rotatable bonds is 4. The average molecular weight is 292 g/mol. The fourth-order valence-corrected chi connectivity index (χ4v) is 2.66. The summed E-state index contributed by atoms with van der Waals surface area (Å²) in [6, 6.07) is 7.69. The minimum atomic E-state index is -0.904. The lowest BCUT2D eigenvalue weighted by atomic mass is 9.94. The summed E-state index contributed by atoms with van der Waals surface area (Å²) in [7, 11) is 1.68. The van der Waals surface area contributed by atoms with E-state index in [9.17, 15) is 9.90 Å². The summed E-state index contributed by atoms with van der Waals surface area (Å²) in [5.74, 6) is 1.05. The van der Waals surface area contributed by atoms with Crippen molar-refractivity contribution in [1.29, 1.82) is 0 Å². The number of para-hydroxylation sites is 1. The summed E-state index contributed by atoms with van der Waals surface area (Å²) in [6.07, 6.45) is 0. The van der Waals surface area contributed by atoms with Crippen molar-refractivity contribution in [3.05, 3.63) is 29.8 Å². The monoisotopic (exact) mass is 292 g/mol. The molecule has 1 aliphatic rings. The van der Waals surface area contributed by atoms with E-state index >= 15 is 0 Å². The van der Waals surface area contributed by atoms with Crippen molar-refractivity contribution in [2.24, 2.45) is 0 Å². The number of nitrogens with one attached hydrogen (secondary N) is 1. The first-order valence-electron chi connectivity index (χ1n) is 7.23. The van der Waals surface area contributed by atoms with Gasteiger partial charge in [0.15, 0.2) is 0 Å².